The van der Waals surface area contributed by atoms with Crippen molar-refractivity contribution in [3.63, 3.8) is 0 Å². The Kier molecular flexibility index (Phi) is 3.74. The second kappa shape index (κ2) is 5.31. The van der Waals surface area contributed by atoms with Crippen molar-refractivity contribution in [3.05, 3.63) is 28.2 Å². The summed E-state index contributed by atoms with van der Waals surface area (Å²) in [4.78, 5) is 11.3. The smallest absolute Gasteiger partial charge is 0.322 e. The lowest BCUT2D eigenvalue weighted by molar-refractivity contribution is 0.380. The van der Waals surface area contributed by atoms with Gasteiger partial charge in [0.25, 0.3) is 0 Å². The molecular weight excluding hydrogens is 324 g/mol. The lowest BCUT2D eigenvalue weighted by Gasteiger charge is -2.08. The molecule has 0 aliphatic rings. The van der Waals surface area contributed by atoms with Gasteiger partial charge in [0.05, 0.1) is 17.3 Å². The predicted molar refractivity (Wildman–Crippen MR) is 68.1 cm³/mol. The minimum atomic E-state index is -0.793. The number of rotatable bonds is 3. The first-order chi connectivity index (χ1) is 8.99. The third-order valence-electron chi connectivity index (χ3n) is 2.07. The Balaban J connectivity index is 2.36. The molecular formula is C10H8BrF2N5O. The molecule has 6 nitrogen and oxygen atoms in total. The molecule has 1 aromatic carbocycles. The average molecular weight is 332 g/mol. The number of anilines is 3. The highest BCUT2D eigenvalue weighted by Gasteiger charge is 2.11. The molecule has 0 fully saturated rings. The summed E-state index contributed by atoms with van der Waals surface area (Å²) < 4.78 is 31.5. The van der Waals surface area contributed by atoms with E-state index in [2.05, 4.69) is 36.2 Å². The van der Waals surface area contributed by atoms with E-state index in [1.54, 1.807) is 0 Å². The third kappa shape index (κ3) is 3.05. The van der Waals surface area contributed by atoms with Crippen molar-refractivity contribution in [1.29, 1.82) is 0 Å². The standard InChI is InChI=1S/C10H8BrF2N5O/c1-19-10-17-8(14)16-9(18-10)15-7-2-4(11)5(12)3-6(7)13/h2-3H,1H3,(H3,14,15,16,17,18). The highest BCUT2D eigenvalue weighted by atomic mass is 79.9. The molecule has 0 saturated carbocycles. The molecule has 0 radical (unpaired) electrons. The molecule has 0 amide bonds. The number of nitrogens with two attached hydrogens (primary N) is 1. The lowest BCUT2D eigenvalue weighted by Crippen LogP contribution is -2.06. The van der Waals surface area contributed by atoms with Gasteiger partial charge in [-0.1, -0.05) is 0 Å². The maximum absolute atomic E-state index is 13.5. The Labute approximate surface area is 115 Å². The molecule has 2 rings (SSSR count). The van der Waals surface area contributed by atoms with E-state index in [1.807, 2.05) is 0 Å². The molecule has 0 atom stereocenters. The summed E-state index contributed by atoms with van der Waals surface area (Å²) in [7, 11) is 1.35. The minimum absolute atomic E-state index is 0.0123. The number of nitrogens with zero attached hydrogens (tertiary/aromatic N) is 3. The fourth-order valence-electron chi connectivity index (χ4n) is 1.26. The third-order valence-corrected chi connectivity index (χ3v) is 2.68. The zero-order valence-corrected chi connectivity index (χ0v) is 11.2. The minimum Gasteiger partial charge on any atom is -0.467 e. The van der Waals surface area contributed by atoms with Crippen molar-refractivity contribution in [1.82, 2.24) is 15.0 Å². The summed E-state index contributed by atoms with van der Waals surface area (Å²) in [5.74, 6) is -1.60. The van der Waals surface area contributed by atoms with Gasteiger partial charge in [0.1, 0.15) is 11.6 Å². The van der Waals surface area contributed by atoms with Gasteiger partial charge in [0, 0.05) is 6.07 Å². The number of methoxy groups -OCH3 is 1. The topological polar surface area (TPSA) is 86.0 Å². The zero-order valence-electron chi connectivity index (χ0n) is 9.62. The summed E-state index contributed by atoms with van der Waals surface area (Å²) in [6.45, 7) is 0. The summed E-state index contributed by atoms with van der Waals surface area (Å²) in [5, 5.41) is 2.56. The van der Waals surface area contributed by atoms with Crippen molar-refractivity contribution in [2.24, 2.45) is 0 Å². The molecule has 0 aliphatic heterocycles. The van der Waals surface area contributed by atoms with Gasteiger partial charge in [-0.15, -0.1) is 0 Å². The van der Waals surface area contributed by atoms with Gasteiger partial charge in [-0.2, -0.15) is 15.0 Å². The van der Waals surface area contributed by atoms with Gasteiger partial charge in [0.15, 0.2) is 0 Å². The molecule has 9 heteroatoms. The number of halogens is 3. The number of hydrogen-bond donors (Lipinski definition) is 2. The normalized spacial score (nSPS) is 10.3. The van der Waals surface area contributed by atoms with Gasteiger partial charge in [-0.25, -0.2) is 8.78 Å². The van der Waals surface area contributed by atoms with Crippen molar-refractivity contribution in [2.45, 2.75) is 0 Å². The number of aromatic nitrogens is 3. The van der Waals surface area contributed by atoms with Crippen molar-refractivity contribution in [2.75, 3.05) is 18.2 Å². The Morgan fingerprint density at radius 1 is 1.21 bits per heavy atom. The van der Waals surface area contributed by atoms with E-state index < -0.39 is 11.6 Å². The van der Waals surface area contributed by atoms with E-state index in [0.717, 1.165) is 6.07 Å². The molecule has 0 spiro atoms. The Morgan fingerprint density at radius 2 is 1.95 bits per heavy atom. The summed E-state index contributed by atoms with van der Waals surface area (Å²) >= 11 is 2.95. The molecule has 0 unspecified atom stereocenters. The molecule has 0 saturated heterocycles. The first kappa shape index (κ1) is 13.4. The van der Waals surface area contributed by atoms with Gasteiger partial charge in [-0.05, 0) is 22.0 Å². The van der Waals surface area contributed by atoms with Gasteiger partial charge >= 0.3 is 6.01 Å². The van der Waals surface area contributed by atoms with Crippen molar-refractivity contribution >= 4 is 33.5 Å². The largest absolute Gasteiger partial charge is 0.467 e. The monoisotopic (exact) mass is 331 g/mol. The Morgan fingerprint density at radius 3 is 2.63 bits per heavy atom. The second-order valence-electron chi connectivity index (χ2n) is 3.38. The van der Waals surface area contributed by atoms with Gasteiger partial charge in [-0.3, -0.25) is 0 Å². The van der Waals surface area contributed by atoms with Gasteiger partial charge < -0.3 is 15.8 Å². The Hall–Kier alpha value is -2.03. The fourth-order valence-corrected chi connectivity index (χ4v) is 1.60. The van der Waals surface area contributed by atoms with Gasteiger partial charge in [0.2, 0.25) is 11.9 Å². The van der Waals surface area contributed by atoms with Crippen LogP contribution in [0.2, 0.25) is 0 Å². The molecule has 0 bridgehead atoms. The van der Waals surface area contributed by atoms with Crippen LogP contribution < -0.4 is 15.8 Å². The van der Waals surface area contributed by atoms with Crippen LogP contribution >= 0.6 is 15.9 Å². The highest BCUT2D eigenvalue weighted by molar-refractivity contribution is 9.10. The van der Waals surface area contributed by atoms with Crippen LogP contribution in [0.4, 0.5) is 26.4 Å². The highest BCUT2D eigenvalue weighted by Crippen LogP contribution is 2.25. The van der Waals surface area contributed by atoms with E-state index in [-0.39, 0.29) is 28.1 Å². The van der Waals surface area contributed by atoms with Crippen LogP contribution in [0, 0.1) is 11.6 Å². The first-order valence-corrected chi connectivity index (χ1v) is 5.76. The average Bonchev–Trinajstić information content (AvgIpc) is 2.35. The van der Waals surface area contributed by atoms with Crippen LogP contribution in [0.1, 0.15) is 0 Å². The molecule has 1 heterocycles. The van der Waals surface area contributed by atoms with E-state index >= 15 is 0 Å². The quantitative estimate of drug-likeness (QED) is 0.839. The maximum atomic E-state index is 13.5. The van der Waals surface area contributed by atoms with E-state index in [0.29, 0.717) is 0 Å². The van der Waals surface area contributed by atoms with Crippen LogP contribution in [-0.4, -0.2) is 22.1 Å². The van der Waals surface area contributed by atoms with E-state index in [1.165, 1.54) is 13.2 Å². The summed E-state index contributed by atoms with van der Waals surface area (Å²) in [6.07, 6.45) is 0. The second-order valence-corrected chi connectivity index (χ2v) is 4.23. The van der Waals surface area contributed by atoms with Crippen LogP contribution in [0.25, 0.3) is 0 Å². The molecule has 2 aromatic rings. The Bertz CT molecular complexity index is 625. The predicted octanol–water partition coefficient (Wildman–Crippen LogP) is 2.25. The number of nitrogens with one attached hydrogen (secondary N) is 1. The van der Waals surface area contributed by atoms with E-state index in [9.17, 15) is 8.78 Å². The van der Waals surface area contributed by atoms with E-state index in [4.69, 9.17) is 10.5 Å². The first-order valence-electron chi connectivity index (χ1n) is 4.96. The fraction of sp³-hybridized carbons (Fsp3) is 0.100. The van der Waals surface area contributed by atoms with Crippen LogP contribution in [0.3, 0.4) is 0 Å². The molecule has 19 heavy (non-hydrogen) atoms. The van der Waals surface area contributed by atoms with Crippen molar-refractivity contribution < 1.29 is 13.5 Å². The van der Waals surface area contributed by atoms with Crippen molar-refractivity contribution in [3.8, 4) is 6.01 Å². The van der Waals surface area contributed by atoms with Crippen LogP contribution in [-0.2, 0) is 0 Å². The number of ether oxygens (including phenoxy) is 1. The molecule has 100 valence electrons. The summed E-state index contributed by atoms with van der Waals surface area (Å²) in [6, 6.07) is 1.93. The zero-order chi connectivity index (χ0) is 14.0. The number of hydrogen-bond acceptors (Lipinski definition) is 6. The molecule has 0 aliphatic carbocycles. The molecule has 3 N–H and O–H groups in total. The van der Waals surface area contributed by atoms with Crippen LogP contribution in [0.15, 0.2) is 16.6 Å². The number of nitrogen functional groups attached to an aromatic ring is 1. The SMILES string of the molecule is COc1nc(N)nc(Nc2cc(Br)c(F)cc2F)n1. The van der Waals surface area contributed by atoms with Crippen LogP contribution in [0.5, 0.6) is 6.01 Å². The molecule has 1 aromatic heterocycles. The summed E-state index contributed by atoms with van der Waals surface area (Å²) in [5.41, 5.74) is 5.42. The maximum Gasteiger partial charge on any atom is 0.322 e. The number of benzene rings is 1. The lowest BCUT2D eigenvalue weighted by atomic mass is 10.3.